The predicted octanol–water partition coefficient (Wildman–Crippen LogP) is 3.98. The third-order valence-corrected chi connectivity index (χ3v) is 5.73. The van der Waals surface area contributed by atoms with Crippen LogP contribution in [0.5, 0.6) is 0 Å². The van der Waals surface area contributed by atoms with E-state index in [1.807, 2.05) is 30.3 Å². The van der Waals surface area contributed by atoms with Gasteiger partial charge in [-0.1, -0.05) is 48.5 Å². The first kappa shape index (κ1) is 22.9. The molecule has 6 nitrogen and oxygen atoms in total. The van der Waals surface area contributed by atoms with E-state index >= 15 is 0 Å². The number of amides is 2. The summed E-state index contributed by atoms with van der Waals surface area (Å²) in [5.74, 6) is -1.77. The summed E-state index contributed by atoms with van der Waals surface area (Å²) < 4.78 is 19.2. The van der Waals surface area contributed by atoms with Crippen molar-refractivity contribution in [2.75, 3.05) is 6.54 Å². The molecule has 4 aromatic rings. The SMILES string of the molecule is Cc1c(-c2ccccc2)oc2c(C(=O)NCC(Cc3ccc(F)cc3)C(N)=O)cccc2c1=O. The Labute approximate surface area is 195 Å². The van der Waals surface area contributed by atoms with Gasteiger partial charge in [0, 0.05) is 17.7 Å². The van der Waals surface area contributed by atoms with E-state index in [9.17, 15) is 18.8 Å². The number of rotatable bonds is 7. The number of benzene rings is 3. The van der Waals surface area contributed by atoms with Crippen LogP contribution in [-0.4, -0.2) is 18.4 Å². The van der Waals surface area contributed by atoms with Gasteiger partial charge in [-0.2, -0.15) is 0 Å². The van der Waals surface area contributed by atoms with Crippen LogP contribution in [0.4, 0.5) is 4.39 Å². The van der Waals surface area contributed by atoms with Crippen molar-refractivity contribution in [2.45, 2.75) is 13.3 Å². The van der Waals surface area contributed by atoms with Gasteiger partial charge < -0.3 is 15.5 Å². The van der Waals surface area contributed by atoms with Crippen molar-refractivity contribution in [3.63, 3.8) is 0 Å². The molecule has 1 unspecified atom stereocenters. The van der Waals surface area contributed by atoms with E-state index in [1.54, 1.807) is 37.3 Å². The summed E-state index contributed by atoms with van der Waals surface area (Å²) in [4.78, 5) is 38.0. The number of fused-ring (bicyclic) bond motifs is 1. The van der Waals surface area contributed by atoms with Gasteiger partial charge in [-0.05, 0) is 43.2 Å². The second-order valence-electron chi connectivity index (χ2n) is 8.07. The summed E-state index contributed by atoms with van der Waals surface area (Å²) in [6.07, 6.45) is 0.248. The molecule has 1 heterocycles. The van der Waals surface area contributed by atoms with Gasteiger partial charge in [0.05, 0.1) is 16.9 Å². The lowest BCUT2D eigenvalue weighted by Crippen LogP contribution is -2.37. The number of nitrogens with one attached hydrogen (secondary N) is 1. The third-order valence-electron chi connectivity index (χ3n) is 5.73. The van der Waals surface area contributed by atoms with Gasteiger partial charge in [-0.15, -0.1) is 0 Å². The number of para-hydroxylation sites is 1. The highest BCUT2D eigenvalue weighted by Crippen LogP contribution is 2.27. The Balaban J connectivity index is 1.63. The number of hydrogen-bond donors (Lipinski definition) is 2. The second kappa shape index (κ2) is 9.70. The number of nitrogens with two attached hydrogens (primary N) is 1. The minimum atomic E-state index is -0.696. The highest BCUT2D eigenvalue weighted by molar-refractivity contribution is 6.05. The molecule has 0 aliphatic carbocycles. The van der Waals surface area contributed by atoms with Crippen LogP contribution < -0.4 is 16.5 Å². The number of carbonyl (C=O) groups excluding carboxylic acids is 2. The highest BCUT2D eigenvalue weighted by Gasteiger charge is 2.21. The Morgan fingerprint density at radius 1 is 1.00 bits per heavy atom. The smallest absolute Gasteiger partial charge is 0.255 e. The van der Waals surface area contributed by atoms with Gasteiger partial charge in [-0.3, -0.25) is 14.4 Å². The van der Waals surface area contributed by atoms with E-state index in [4.69, 9.17) is 10.2 Å². The molecule has 0 aliphatic heterocycles. The maximum absolute atomic E-state index is 13.2. The van der Waals surface area contributed by atoms with Crippen molar-refractivity contribution in [1.82, 2.24) is 5.32 Å². The summed E-state index contributed by atoms with van der Waals surface area (Å²) in [6, 6.07) is 19.7. The quantitative estimate of drug-likeness (QED) is 0.437. The molecule has 0 spiro atoms. The Morgan fingerprint density at radius 3 is 2.38 bits per heavy atom. The molecule has 3 aromatic carbocycles. The van der Waals surface area contributed by atoms with Gasteiger partial charge in [-0.25, -0.2) is 4.39 Å². The van der Waals surface area contributed by atoms with Crippen LogP contribution in [0.25, 0.3) is 22.3 Å². The normalized spacial score (nSPS) is 11.8. The second-order valence-corrected chi connectivity index (χ2v) is 8.07. The van der Waals surface area contributed by atoms with E-state index in [-0.39, 0.29) is 35.4 Å². The van der Waals surface area contributed by atoms with Gasteiger partial charge in [0.2, 0.25) is 5.91 Å². The molecule has 172 valence electrons. The van der Waals surface area contributed by atoms with Crippen LogP contribution in [0.1, 0.15) is 21.5 Å². The predicted molar refractivity (Wildman–Crippen MR) is 128 cm³/mol. The Kier molecular flexibility index (Phi) is 6.54. The Bertz CT molecular complexity index is 1410. The Hall–Kier alpha value is -4.26. The molecule has 2 amide bonds. The Morgan fingerprint density at radius 2 is 1.71 bits per heavy atom. The average molecular weight is 458 g/mol. The van der Waals surface area contributed by atoms with Crippen molar-refractivity contribution in [2.24, 2.45) is 11.7 Å². The first-order valence-corrected chi connectivity index (χ1v) is 10.8. The first-order chi connectivity index (χ1) is 16.3. The summed E-state index contributed by atoms with van der Waals surface area (Å²) in [6.45, 7) is 1.66. The first-order valence-electron chi connectivity index (χ1n) is 10.8. The number of primary amides is 1. The average Bonchev–Trinajstić information content (AvgIpc) is 2.85. The maximum atomic E-state index is 13.2. The van der Waals surface area contributed by atoms with Crippen molar-refractivity contribution in [3.05, 3.63) is 106 Å². The van der Waals surface area contributed by atoms with Crippen LogP contribution in [-0.2, 0) is 11.2 Å². The van der Waals surface area contributed by atoms with Gasteiger partial charge in [0.25, 0.3) is 5.91 Å². The zero-order valence-corrected chi connectivity index (χ0v) is 18.5. The van der Waals surface area contributed by atoms with Crippen molar-refractivity contribution in [1.29, 1.82) is 0 Å². The van der Waals surface area contributed by atoms with Gasteiger partial charge >= 0.3 is 0 Å². The van der Waals surface area contributed by atoms with Crippen molar-refractivity contribution in [3.8, 4) is 11.3 Å². The van der Waals surface area contributed by atoms with Crippen molar-refractivity contribution >= 4 is 22.8 Å². The van der Waals surface area contributed by atoms with Crippen LogP contribution in [0.2, 0.25) is 0 Å². The number of hydrogen-bond acceptors (Lipinski definition) is 4. The molecule has 1 aromatic heterocycles. The summed E-state index contributed by atoms with van der Waals surface area (Å²) in [7, 11) is 0. The van der Waals surface area contributed by atoms with Crippen LogP contribution in [0.3, 0.4) is 0 Å². The molecule has 3 N–H and O–H groups in total. The molecule has 0 fully saturated rings. The fraction of sp³-hybridized carbons (Fsp3) is 0.148. The molecule has 0 radical (unpaired) electrons. The molecule has 7 heteroatoms. The largest absolute Gasteiger partial charge is 0.455 e. The lowest BCUT2D eigenvalue weighted by atomic mass is 9.98. The third kappa shape index (κ3) is 4.73. The molecule has 0 aliphatic rings. The van der Waals surface area contributed by atoms with Gasteiger partial charge in [0.15, 0.2) is 11.0 Å². The molecular weight excluding hydrogens is 435 g/mol. The number of carbonyl (C=O) groups is 2. The lowest BCUT2D eigenvalue weighted by Gasteiger charge is -2.15. The fourth-order valence-corrected chi connectivity index (χ4v) is 3.84. The van der Waals surface area contributed by atoms with Crippen LogP contribution >= 0.6 is 0 Å². The molecule has 1 atom stereocenters. The minimum Gasteiger partial charge on any atom is -0.455 e. The molecule has 34 heavy (non-hydrogen) atoms. The maximum Gasteiger partial charge on any atom is 0.255 e. The topological polar surface area (TPSA) is 102 Å². The van der Waals surface area contributed by atoms with Crippen LogP contribution in [0.15, 0.2) is 82.0 Å². The fourth-order valence-electron chi connectivity index (χ4n) is 3.84. The lowest BCUT2D eigenvalue weighted by molar-refractivity contribution is -0.121. The zero-order chi connectivity index (χ0) is 24.2. The minimum absolute atomic E-state index is 0.0242. The standard InChI is InChI=1S/C27H23FN2O4/c1-16-23(31)21-8-5-9-22(25(21)34-24(16)18-6-3-2-4-7-18)27(33)30-15-19(26(29)32)14-17-10-12-20(28)13-11-17/h2-13,19H,14-15H2,1H3,(H2,29,32)(H,30,33). The molecule has 4 rings (SSSR count). The summed E-state index contributed by atoms with van der Waals surface area (Å²) in [5, 5.41) is 3.02. The monoisotopic (exact) mass is 458 g/mol. The summed E-state index contributed by atoms with van der Waals surface area (Å²) in [5.41, 5.74) is 7.55. The highest BCUT2D eigenvalue weighted by atomic mass is 19.1. The van der Waals surface area contributed by atoms with E-state index in [1.165, 1.54) is 12.1 Å². The molecular formula is C27H23FN2O4. The van der Waals surface area contributed by atoms with Crippen molar-refractivity contribution < 1.29 is 18.4 Å². The van der Waals surface area contributed by atoms with E-state index in [2.05, 4.69) is 5.32 Å². The van der Waals surface area contributed by atoms with Crippen LogP contribution in [0, 0.1) is 18.7 Å². The van der Waals surface area contributed by atoms with E-state index in [0.717, 1.165) is 11.1 Å². The van der Waals surface area contributed by atoms with E-state index in [0.29, 0.717) is 16.7 Å². The summed E-state index contributed by atoms with van der Waals surface area (Å²) >= 11 is 0. The number of halogens is 1. The zero-order valence-electron chi connectivity index (χ0n) is 18.5. The molecule has 0 bridgehead atoms. The van der Waals surface area contributed by atoms with Gasteiger partial charge in [0.1, 0.15) is 11.6 Å². The molecule has 0 saturated heterocycles. The van der Waals surface area contributed by atoms with E-state index < -0.39 is 17.7 Å². The molecule has 0 saturated carbocycles.